The van der Waals surface area contributed by atoms with E-state index in [2.05, 4.69) is 10.1 Å². The molecule has 132 valence electrons. The molecule has 24 heavy (non-hydrogen) atoms. The van der Waals surface area contributed by atoms with Crippen molar-refractivity contribution in [3.05, 3.63) is 29.8 Å². The SMILES string of the molecule is COC(=O)CN(Cc1ccc(NC(C)=O)cc1)C(=O)OC(C)(C)C. The molecule has 1 aromatic carbocycles. The van der Waals surface area contributed by atoms with E-state index >= 15 is 0 Å². The molecule has 0 bridgehead atoms. The molecule has 0 radical (unpaired) electrons. The summed E-state index contributed by atoms with van der Waals surface area (Å²) in [4.78, 5) is 36.1. The molecule has 1 aromatic rings. The molecule has 7 nitrogen and oxygen atoms in total. The molecule has 0 spiro atoms. The van der Waals surface area contributed by atoms with Gasteiger partial charge in [0.05, 0.1) is 7.11 Å². The summed E-state index contributed by atoms with van der Waals surface area (Å²) >= 11 is 0. The minimum Gasteiger partial charge on any atom is -0.468 e. The molecule has 0 saturated heterocycles. The first-order valence-electron chi connectivity index (χ1n) is 7.52. The topological polar surface area (TPSA) is 84.9 Å². The Labute approximate surface area is 141 Å². The average molecular weight is 336 g/mol. The number of amides is 2. The third-order valence-corrected chi connectivity index (χ3v) is 2.85. The van der Waals surface area contributed by atoms with Gasteiger partial charge in [0.2, 0.25) is 5.91 Å². The van der Waals surface area contributed by atoms with Crippen molar-refractivity contribution < 1.29 is 23.9 Å². The summed E-state index contributed by atoms with van der Waals surface area (Å²) in [5.74, 6) is -0.695. The highest BCUT2D eigenvalue weighted by atomic mass is 16.6. The maximum atomic E-state index is 12.3. The maximum Gasteiger partial charge on any atom is 0.411 e. The lowest BCUT2D eigenvalue weighted by molar-refractivity contribution is -0.142. The number of ether oxygens (including phenoxy) is 2. The van der Waals surface area contributed by atoms with Crippen LogP contribution in [-0.4, -0.2) is 42.1 Å². The lowest BCUT2D eigenvalue weighted by Crippen LogP contribution is -2.39. The smallest absolute Gasteiger partial charge is 0.411 e. The summed E-state index contributed by atoms with van der Waals surface area (Å²) in [6.07, 6.45) is -0.598. The second-order valence-electron chi connectivity index (χ2n) is 6.29. The van der Waals surface area contributed by atoms with E-state index in [9.17, 15) is 14.4 Å². The molecule has 7 heteroatoms. The number of hydrogen-bond acceptors (Lipinski definition) is 5. The Bertz CT molecular complexity index is 590. The molecular weight excluding hydrogens is 312 g/mol. The fourth-order valence-electron chi connectivity index (χ4n) is 1.85. The van der Waals surface area contributed by atoms with Gasteiger partial charge in [-0.15, -0.1) is 0 Å². The van der Waals surface area contributed by atoms with Crippen LogP contribution < -0.4 is 5.32 Å². The van der Waals surface area contributed by atoms with Gasteiger partial charge in [0.1, 0.15) is 12.1 Å². The van der Waals surface area contributed by atoms with Crippen LogP contribution in [0.3, 0.4) is 0 Å². The van der Waals surface area contributed by atoms with E-state index in [0.29, 0.717) is 5.69 Å². The molecule has 0 aliphatic heterocycles. The Hall–Kier alpha value is -2.57. The summed E-state index contributed by atoms with van der Waals surface area (Å²) in [6.45, 7) is 6.66. The van der Waals surface area contributed by atoms with Crippen LogP contribution in [0.25, 0.3) is 0 Å². The Balaban J connectivity index is 2.85. The number of esters is 1. The highest BCUT2D eigenvalue weighted by molar-refractivity contribution is 5.88. The molecule has 0 aromatic heterocycles. The number of methoxy groups -OCH3 is 1. The standard InChI is InChI=1S/C17H24N2O5/c1-12(20)18-14-8-6-13(7-9-14)10-19(11-15(21)23-5)16(22)24-17(2,3)4/h6-9H,10-11H2,1-5H3,(H,18,20). The molecule has 0 aliphatic carbocycles. The molecule has 2 amide bonds. The zero-order valence-electron chi connectivity index (χ0n) is 14.7. The van der Waals surface area contributed by atoms with Crippen molar-refractivity contribution in [2.75, 3.05) is 19.0 Å². The van der Waals surface area contributed by atoms with Crippen LogP contribution in [-0.2, 0) is 25.6 Å². The number of hydrogen-bond donors (Lipinski definition) is 1. The normalized spacial score (nSPS) is 10.7. The van der Waals surface area contributed by atoms with E-state index in [4.69, 9.17) is 4.74 Å². The van der Waals surface area contributed by atoms with Gasteiger partial charge in [0.25, 0.3) is 0 Å². The molecule has 0 atom stereocenters. The molecule has 0 heterocycles. The third-order valence-electron chi connectivity index (χ3n) is 2.85. The fourth-order valence-corrected chi connectivity index (χ4v) is 1.85. The Morgan fingerprint density at radius 1 is 1.12 bits per heavy atom. The maximum absolute atomic E-state index is 12.3. The first-order chi connectivity index (χ1) is 11.1. The van der Waals surface area contributed by atoms with Crippen molar-refractivity contribution in [1.82, 2.24) is 4.90 Å². The van der Waals surface area contributed by atoms with Crippen molar-refractivity contribution in [1.29, 1.82) is 0 Å². The summed E-state index contributed by atoms with van der Waals surface area (Å²) in [7, 11) is 1.26. The van der Waals surface area contributed by atoms with Gasteiger partial charge >= 0.3 is 12.1 Å². The summed E-state index contributed by atoms with van der Waals surface area (Å²) in [5, 5.41) is 2.66. The Morgan fingerprint density at radius 3 is 2.17 bits per heavy atom. The number of carbonyl (C=O) groups excluding carboxylic acids is 3. The van der Waals surface area contributed by atoms with Crippen LogP contribution in [0.5, 0.6) is 0 Å². The second-order valence-corrected chi connectivity index (χ2v) is 6.29. The predicted molar refractivity (Wildman–Crippen MR) is 89.4 cm³/mol. The van der Waals surface area contributed by atoms with Crippen LogP contribution in [0.1, 0.15) is 33.3 Å². The molecule has 1 N–H and O–H groups in total. The predicted octanol–water partition coefficient (Wildman–Crippen LogP) is 2.56. The number of rotatable bonds is 5. The number of nitrogens with zero attached hydrogens (tertiary/aromatic N) is 1. The lowest BCUT2D eigenvalue weighted by atomic mass is 10.2. The second kappa shape index (κ2) is 8.33. The molecule has 0 fully saturated rings. The van der Waals surface area contributed by atoms with Crippen LogP contribution in [0.15, 0.2) is 24.3 Å². The van der Waals surface area contributed by atoms with Crippen molar-refractivity contribution in [2.24, 2.45) is 0 Å². The summed E-state index contributed by atoms with van der Waals surface area (Å²) in [5.41, 5.74) is 0.780. The number of carbonyl (C=O) groups is 3. The van der Waals surface area contributed by atoms with Crippen LogP contribution in [0.4, 0.5) is 10.5 Å². The van der Waals surface area contributed by atoms with Crippen LogP contribution >= 0.6 is 0 Å². The van der Waals surface area contributed by atoms with Crippen LogP contribution in [0, 0.1) is 0 Å². The minimum atomic E-state index is -0.666. The van der Waals surface area contributed by atoms with Gasteiger partial charge in [0, 0.05) is 19.2 Å². The Kier molecular flexibility index (Phi) is 6.76. The van der Waals surface area contributed by atoms with E-state index in [-0.39, 0.29) is 19.0 Å². The van der Waals surface area contributed by atoms with Crippen LogP contribution in [0.2, 0.25) is 0 Å². The third kappa shape index (κ3) is 7.13. The van der Waals surface area contributed by atoms with Gasteiger partial charge in [-0.1, -0.05) is 12.1 Å². The summed E-state index contributed by atoms with van der Waals surface area (Å²) in [6, 6.07) is 6.98. The van der Waals surface area contributed by atoms with Gasteiger partial charge in [-0.2, -0.15) is 0 Å². The highest BCUT2D eigenvalue weighted by Crippen LogP contribution is 2.15. The monoisotopic (exact) mass is 336 g/mol. The molecular formula is C17H24N2O5. The molecule has 0 aliphatic rings. The van der Waals surface area contributed by atoms with Crippen molar-refractivity contribution in [3.63, 3.8) is 0 Å². The molecule has 0 unspecified atom stereocenters. The fraction of sp³-hybridized carbons (Fsp3) is 0.471. The largest absolute Gasteiger partial charge is 0.468 e. The number of benzene rings is 1. The first-order valence-corrected chi connectivity index (χ1v) is 7.52. The van der Waals surface area contributed by atoms with Gasteiger partial charge in [0.15, 0.2) is 0 Å². The quantitative estimate of drug-likeness (QED) is 0.835. The van der Waals surface area contributed by atoms with E-state index in [1.54, 1.807) is 45.0 Å². The number of nitrogens with one attached hydrogen (secondary N) is 1. The highest BCUT2D eigenvalue weighted by Gasteiger charge is 2.24. The lowest BCUT2D eigenvalue weighted by Gasteiger charge is -2.26. The van der Waals surface area contributed by atoms with E-state index < -0.39 is 17.7 Å². The average Bonchev–Trinajstić information content (AvgIpc) is 2.46. The van der Waals surface area contributed by atoms with Crippen molar-refractivity contribution in [3.8, 4) is 0 Å². The number of anilines is 1. The van der Waals surface area contributed by atoms with Crippen molar-refractivity contribution in [2.45, 2.75) is 39.8 Å². The summed E-state index contributed by atoms with van der Waals surface area (Å²) < 4.78 is 9.94. The Morgan fingerprint density at radius 2 is 1.71 bits per heavy atom. The van der Waals surface area contributed by atoms with Crippen molar-refractivity contribution >= 4 is 23.7 Å². The minimum absolute atomic E-state index is 0.163. The molecule has 0 saturated carbocycles. The van der Waals surface area contributed by atoms with Gasteiger partial charge in [-0.05, 0) is 38.5 Å². The van der Waals surface area contributed by atoms with Gasteiger partial charge < -0.3 is 14.8 Å². The zero-order chi connectivity index (χ0) is 18.3. The van der Waals surface area contributed by atoms with E-state index in [1.807, 2.05) is 0 Å². The first kappa shape index (κ1) is 19.5. The zero-order valence-corrected chi connectivity index (χ0v) is 14.7. The van der Waals surface area contributed by atoms with E-state index in [1.165, 1.54) is 18.9 Å². The van der Waals surface area contributed by atoms with E-state index in [0.717, 1.165) is 5.56 Å². The molecule has 1 rings (SSSR count). The van der Waals surface area contributed by atoms with Gasteiger partial charge in [-0.3, -0.25) is 14.5 Å². The van der Waals surface area contributed by atoms with Gasteiger partial charge in [-0.25, -0.2) is 4.79 Å².